The number of unbranched alkanes of at least 4 members (excludes halogenated alkanes) is 1. The van der Waals surface area contributed by atoms with E-state index in [9.17, 15) is 21.6 Å². The number of hydrogen-bond donors (Lipinski definition) is 1. The van der Waals surface area contributed by atoms with Crippen molar-refractivity contribution in [1.29, 1.82) is 0 Å². The molecule has 1 fully saturated rings. The van der Waals surface area contributed by atoms with Crippen molar-refractivity contribution in [2.24, 2.45) is 0 Å². The van der Waals surface area contributed by atoms with Crippen LogP contribution in [0.2, 0.25) is 0 Å². The Labute approximate surface area is 151 Å². The summed E-state index contributed by atoms with van der Waals surface area (Å²) in [6.45, 7) is 2.00. The number of halogens is 3. The Balaban J connectivity index is 1.98. The number of thiol groups is 1. The molecule has 142 valence electrons. The lowest BCUT2D eigenvalue weighted by molar-refractivity contribution is 0.0852. The molecular weight excluding hydrogens is 375 g/mol. The molecule has 0 saturated carbocycles. The van der Waals surface area contributed by atoms with Crippen LogP contribution in [0.1, 0.15) is 31.7 Å². The number of sulfonamides is 1. The van der Waals surface area contributed by atoms with Crippen molar-refractivity contribution >= 4 is 22.7 Å². The molecule has 9 heteroatoms. The molecule has 0 radical (unpaired) electrons. The van der Waals surface area contributed by atoms with Crippen molar-refractivity contribution in [3.63, 3.8) is 0 Å². The average molecular weight is 397 g/mol. The molecule has 1 aromatic rings. The monoisotopic (exact) mass is 397 g/mol. The molecule has 1 aromatic carbocycles. The third-order valence-electron chi connectivity index (χ3n) is 4.11. The molecule has 25 heavy (non-hydrogen) atoms. The van der Waals surface area contributed by atoms with Gasteiger partial charge in [-0.3, -0.25) is 0 Å². The normalized spacial score (nSPS) is 21.8. The lowest BCUT2D eigenvalue weighted by atomic mass is 10.2. The molecule has 1 heterocycles. The van der Waals surface area contributed by atoms with Crippen molar-refractivity contribution in [2.75, 3.05) is 18.9 Å². The van der Waals surface area contributed by atoms with Crippen LogP contribution in [0, 0.1) is 17.5 Å². The summed E-state index contributed by atoms with van der Waals surface area (Å²) in [4.78, 5) is 0. The van der Waals surface area contributed by atoms with Crippen LogP contribution in [0.4, 0.5) is 13.2 Å². The highest BCUT2D eigenvalue weighted by atomic mass is 32.2. The van der Waals surface area contributed by atoms with Gasteiger partial charge in [-0.2, -0.15) is 16.9 Å². The Morgan fingerprint density at radius 1 is 1.24 bits per heavy atom. The molecule has 1 aliphatic heterocycles. The molecule has 4 nitrogen and oxygen atoms in total. The predicted octanol–water partition coefficient (Wildman–Crippen LogP) is 3.12. The molecule has 1 saturated heterocycles. The first-order valence-electron chi connectivity index (χ1n) is 8.13. The van der Waals surface area contributed by atoms with Gasteiger partial charge in [-0.25, -0.2) is 21.6 Å². The van der Waals surface area contributed by atoms with Gasteiger partial charge in [-0.05, 0) is 18.9 Å². The topological polar surface area (TPSA) is 46.6 Å². The zero-order chi connectivity index (χ0) is 18.6. The van der Waals surface area contributed by atoms with Crippen LogP contribution >= 0.6 is 12.6 Å². The molecule has 0 N–H and O–H groups in total. The molecule has 2 unspecified atom stereocenters. The summed E-state index contributed by atoms with van der Waals surface area (Å²) in [6.07, 6.45) is 1.87. The standard InChI is InChI=1S/C16H22F3NO3S2/c1-2-3-4-25(21,22)20-8-13(24)6-12(20)10-23-9-11-5-15(18)16(19)7-14(11)17/h5,7,12-13,24H,2-4,6,8-10H2,1H3. The second kappa shape index (κ2) is 8.75. The zero-order valence-corrected chi connectivity index (χ0v) is 15.6. The van der Waals surface area contributed by atoms with Crippen LogP contribution in [0.25, 0.3) is 0 Å². The third kappa shape index (κ3) is 5.35. The number of ether oxygens (including phenoxy) is 1. The van der Waals surface area contributed by atoms with E-state index in [1.807, 2.05) is 6.92 Å². The van der Waals surface area contributed by atoms with E-state index in [-0.39, 0.29) is 29.8 Å². The molecule has 0 bridgehead atoms. The number of hydrogen-bond acceptors (Lipinski definition) is 4. The van der Waals surface area contributed by atoms with Gasteiger partial charge < -0.3 is 4.74 Å². The summed E-state index contributed by atoms with van der Waals surface area (Å²) < 4.78 is 71.3. The lowest BCUT2D eigenvalue weighted by Crippen LogP contribution is -2.39. The summed E-state index contributed by atoms with van der Waals surface area (Å²) in [5.74, 6) is -3.24. The van der Waals surface area contributed by atoms with Crippen molar-refractivity contribution in [3.05, 3.63) is 35.1 Å². The largest absolute Gasteiger partial charge is 0.375 e. The van der Waals surface area contributed by atoms with Gasteiger partial charge in [-0.15, -0.1) is 0 Å². The molecule has 2 rings (SSSR count). The fourth-order valence-electron chi connectivity index (χ4n) is 2.78. The fourth-order valence-corrected chi connectivity index (χ4v) is 5.20. The number of nitrogens with zero attached hydrogens (tertiary/aromatic N) is 1. The minimum atomic E-state index is -3.40. The van der Waals surface area contributed by atoms with Crippen LogP contribution in [0.5, 0.6) is 0 Å². The van der Waals surface area contributed by atoms with Gasteiger partial charge in [-0.1, -0.05) is 13.3 Å². The van der Waals surface area contributed by atoms with Crippen LogP contribution in [0.15, 0.2) is 12.1 Å². The molecule has 0 aromatic heterocycles. The minimum Gasteiger partial charge on any atom is -0.375 e. The molecule has 2 atom stereocenters. The Bertz CT molecular complexity index is 700. The quantitative estimate of drug-likeness (QED) is 0.542. The van der Waals surface area contributed by atoms with Gasteiger partial charge in [0.15, 0.2) is 11.6 Å². The number of benzene rings is 1. The Kier molecular flexibility index (Phi) is 7.19. The Hall–Kier alpha value is -0.770. The molecule has 0 aliphatic carbocycles. The Morgan fingerprint density at radius 3 is 2.60 bits per heavy atom. The van der Waals surface area contributed by atoms with Crippen molar-refractivity contribution in [2.45, 2.75) is 44.1 Å². The van der Waals surface area contributed by atoms with Gasteiger partial charge in [0, 0.05) is 29.5 Å². The van der Waals surface area contributed by atoms with Crippen molar-refractivity contribution < 1.29 is 26.3 Å². The van der Waals surface area contributed by atoms with Crippen LogP contribution in [-0.2, 0) is 21.4 Å². The van der Waals surface area contributed by atoms with Gasteiger partial charge in [0.1, 0.15) is 5.82 Å². The highest BCUT2D eigenvalue weighted by molar-refractivity contribution is 7.89. The van der Waals surface area contributed by atoms with E-state index in [0.29, 0.717) is 25.5 Å². The molecule has 0 amide bonds. The first-order chi connectivity index (χ1) is 11.7. The summed E-state index contributed by atoms with van der Waals surface area (Å²) >= 11 is 4.35. The van der Waals surface area contributed by atoms with Crippen LogP contribution in [-0.4, -0.2) is 42.9 Å². The molecule has 0 spiro atoms. The number of rotatable bonds is 8. The van der Waals surface area contributed by atoms with Crippen LogP contribution in [0.3, 0.4) is 0 Å². The first kappa shape index (κ1) is 20.5. The van der Waals surface area contributed by atoms with E-state index in [4.69, 9.17) is 4.74 Å². The maximum absolute atomic E-state index is 13.6. The van der Waals surface area contributed by atoms with Gasteiger partial charge in [0.05, 0.1) is 19.0 Å². The fraction of sp³-hybridized carbons (Fsp3) is 0.625. The summed E-state index contributed by atoms with van der Waals surface area (Å²) in [5, 5.41) is -0.0926. The average Bonchev–Trinajstić information content (AvgIpc) is 2.92. The van der Waals surface area contributed by atoms with Gasteiger partial charge in [0.2, 0.25) is 10.0 Å². The minimum absolute atomic E-state index is 0.0425. The second-order valence-corrected chi connectivity index (χ2v) is 8.93. The maximum atomic E-state index is 13.6. The molecular formula is C16H22F3NO3S2. The first-order valence-corrected chi connectivity index (χ1v) is 10.3. The van der Waals surface area contributed by atoms with Crippen molar-refractivity contribution in [3.8, 4) is 0 Å². The summed E-state index contributed by atoms with van der Waals surface area (Å²) in [7, 11) is -3.40. The van der Waals surface area contributed by atoms with E-state index in [1.54, 1.807) is 0 Å². The Morgan fingerprint density at radius 2 is 1.92 bits per heavy atom. The van der Waals surface area contributed by atoms with Crippen LogP contribution < -0.4 is 0 Å². The third-order valence-corrected chi connectivity index (χ3v) is 6.45. The van der Waals surface area contributed by atoms with E-state index in [0.717, 1.165) is 12.5 Å². The van der Waals surface area contributed by atoms with Gasteiger partial charge in [0.25, 0.3) is 0 Å². The van der Waals surface area contributed by atoms with E-state index in [1.165, 1.54) is 4.31 Å². The summed E-state index contributed by atoms with van der Waals surface area (Å²) in [5.41, 5.74) is -0.111. The summed E-state index contributed by atoms with van der Waals surface area (Å²) in [6, 6.07) is 0.823. The predicted molar refractivity (Wildman–Crippen MR) is 92.6 cm³/mol. The second-order valence-electron chi connectivity index (χ2n) is 6.16. The van der Waals surface area contributed by atoms with E-state index >= 15 is 0 Å². The smallest absolute Gasteiger partial charge is 0.214 e. The SMILES string of the molecule is CCCCS(=O)(=O)N1CC(S)CC1COCc1cc(F)c(F)cc1F. The van der Waals surface area contributed by atoms with E-state index < -0.39 is 33.5 Å². The van der Waals surface area contributed by atoms with Gasteiger partial charge >= 0.3 is 0 Å². The zero-order valence-electron chi connectivity index (χ0n) is 13.9. The van der Waals surface area contributed by atoms with E-state index in [2.05, 4.69) is 12.6 Å². The van der Waals surface area contributed by atoms with Crippen molar-refractivity contribution in [1.82, 2.24) is 4.31 Å². The highest BCUT2D eigenvalue weighted by Crippen LogP contribution is 2.26. The molecule has 1 aliphatic rings. The lowest BCUT2D eigenvalue weighted by Gasteiger charge is -2.23. The maximum Gasteiger partial charge on any atom is 0.214 e. The highest BCUT2D eigenvalue weighted by Gasteiger charge is 2.37.